The SMILES string of the molecule is CCC1C2CC3C4Nc5ccccc5C45CC(C2C5O)N3C1O. The molecule has 23 heavy (non-hydrogen) atoms. The second kappa shape index (κ2) is 3.93. The molecule has 1 saturated carbocycles. The molecule has 5 bridgehead atoms. The highest BCUT2D eigenvalue weighted by Gasteiger charge is 2.75. The van der Waals surface area contributed by atoms with Crippen LogP contribution in [0, 0.1) is 17.8 Å². The molecule has 122 valence electrons. The van der Waals surface area contributed by atoms with Crippen LogP contribution < -0.4 is 5.32 Å². The predicted octanol–water partition coefficient (Wildman–Crippen LogP) is 1.53. The zero-order valence-electron chi connectivity index (χ0n) is 13.4. The lowest BCUT2D eigenvalue weighted by atomic mass is 9.63. The Balaban J connectivity index is 1.57. The number of nitrogens with one attached hydrogen (secondary N) is 1. The average molecular weight is 312 g/mol. The van der Waals surface area contributed by atoms with E-state index >= 15 is 0 Å². The maximum Gasteiger partial charge on any atom is 0.111 e. The maximum absolute atomic E-state index is 11.5. The summed E-state index contributed by atoms with van der Waals surface area (Å²) in [5, 5.41) is 26.1. The Morgan fingerprint density at radius 3 is 2.91 bits per heavy atom. The topological polar surface area (TPSA) is 55.7 Å². The van der Waals surface area contributed by atoms with Gasteiger partial charge >= 0.3 is 0 Å². The Labute approximate surface area is 136 Å². The third-order valence-corrected chi connectivity index (χ3v) is 8.05. The Morgan fingerprint density at radius 2 is 2.09 bits per heavy atom. The molecule has 10 unspecified atom stereocenters. The molecule has 5 aliphatic heterocycles. The molecule has 4 heteroatoms. The van der Waals surface area contributed by atoms with E-state index in [9.17, 15) is 10.2 Å². The fourth-order valence-corrected chi connectivity index (χ4v) is 7.40. The Kier molecular flexibility index (Phi) is 2.26. The maximum atomic E-state index is 11.5. The molecule has 7 rings (SSSR count). The average Bonchev–Trinajstić information content (AvgIpc) is 3.02. The first-order valence-electron chi connectivity index (χ1n) is 9.18. The van der Waals surface area contributed by atoms with Crippen LogP contribution in [0.25, 0.3) is 0 Å². The summed E-state index contributed by atoms with van der Waals surface area (Å²) in [5.41, 5.74) is 2.38. The fraction of sp³-hybridized carbons (Fsp3) is 0.684. The molecule has 1 aromatic rings. The van der Waals surface area contributed by atoms with Crippen molar-refractivity contribution in [1.29, 1.82) is 0 Å². The summed E-state index contributed by atoms with van der Waals surface area (Å²) in [6.07, 6.45) is 2.52. The number of piperidine rings is 4. The van der Waals surface area contributed by atoms with Crippen molar-refractivity contribution >= 4 is 5.69 Å². The minimum Gasteiger partial charge on any atom is -0.392 e. The second-order valence-electron chi connectivity index (χ2n) is 8.40. The molecule has 1 aliphatic carbocycles. The summed E-state index contributed by atoms with van der Waals surface area (Å²) < 4.78 is 0. The summed E-state index contributed by atoms with van der Waals surface area (Å²) in [5.74, 6) is 1.13. The molecule has 0 radical (unpaired) electrons. The highest BCUT2D eigenvalue weighted by molar-refractivity contribution is 5.65. The van der Waals surface area contributed by atoms with Crippen molar-refractivity contribution in [3.8, 4) is 0 Å². The lowest BCUT2D eigenvalue weighted by Gasteiger charge is -2.61. The first-order chi connectivity index (χ1) is 11.2. The molecular formula is C19H24N2O2. The molecule has 3 N–H and O–H groups in total. The first kappa shape index (κ1) is 13.2. The molecule has 6 aliphatic rings. The Hall–Kier alpha value is -1.10. The fourth-order valence-electron chi connectivity index (χ4n) is 7.40. The summed E-state index contributed by atoms with van der Waals surface area (Å²) in [6, 6.07) is 9.50. The minimum absolute atomic E-state index is 0.135. The molecule has 1 aromatic carbocycles. The van der Waals surface area contributed by atoms with Crippen LogP contribution in [-0.2, 0) is 5.41 Å². The van der Waals surface area contributed by atoms with Crippen molar-refractivity contribution in [3.63, 3.8) is 0 Å². The minimum atomic E-state index is -0.321. The summed E-state index contributed by atoms with van der Waals surface area (Å²) in [7, 11) is 0. The van der Waals surface area contributed by atoms with E-state index in [1.807, 2.05) is 0 Å². The van der Waals surface area contributed by atoms with Gasteiger partial charge in [0.1, 0.15) is 6.23 Å². The number of anilines is 1. The van der Waals surface area contributed by atoms with Gasteiger partial charge in [-0.15, -0.1) is 0 Å². The number of para-hydroxylation sites is 1. The largest absolute Gasteiger partial charge is 0.392 e. The van der Waals surface area contributed by atoms with Crippen molar-refractivity contribution in [1.82, 2.24) is 4.90 Å². The van der Waals surface area contributed by atoms with Gasteiger partial charge in [-0.25, -0.2) is 0 Å². The zero-order chi connectivity index (χ0) is 15.5. The molecule has 1 spiro atoms. The van der Waals surface area contributed by atoms with E-state index in [0.717, 1.165) is 19.3 Å². The molecule has 4 nitrogen and oxygen atoms in total. The number of benzene rings is 1. The third-order valence-electron chi connectivity index (χ3n) is 8.05. The summed E-state index contributed by atoms with van der Waals surface area (Å²) in [4.78, 5) is 2.39. The smallest absolute Gasteiger partial charge is 0.111 e. The monoisotopic (exact) mass is 312 g/mol. The van der Waals surface area contributed by atoms with Gasteiger partial charge < -0.3 is 15.5 Å². The summed E-state index contributed by atoms with van der Waals surface area (Å²) in [6.45, 7) is 2.18. The van der Waals surface area contributed by atoms with Gasteiger partial charge in [-0.2, -0.15) is 0 Å². The number of aliphatic hydroxyl groups is 2. The van der Waals surface area contributed by atoms with Gasteiger partial charge in [-0.05, 0) is 36.8 Å². The predicted molar refractivity (Wildman–Crippen MR) is 87.0 cm³/mol. The molecular weight excluding hydrogens is 288 g/mol. The molecule has 10 atom stereocenters. The Morgan fingerprint density at radius 1 is 1.26 bits per heavy atom. The van der Waals surface area contributed by atoms with Crippen LogP contribution in [0.5, 0.6) is 0 Å². The standard InChI is InChI=1S/C19H24N2O2/c1-2-9-10-7-13-16-19(11-5-3-4-6-12(11)20-16)8-14(15(10)17(19)22)21(13)18(9)23/h3-6,9-10,13-18,20,22-23H,2,7-8H2,1H3. The van der Waals surface area contributed by atoms with Crippen LogP contribution in [0.2, 0.25) is 0 Å². The van der Waals surface area contributed by atoms with Crippen LogP contribution in [0.15, 0.2) is 24.3 Å². The van der Waals surface area contributed by atoms with Crippen molar-refractivity contribution in [3.05, 3.63) is 29.8 Å². The van der Waals surface area contributed by atoms with Gasteiger partial charge in [0, 0.05) is 35.0 Å². The summed E-state index contributed by atoms with van der Waals surface area (Å²) >= 11 is 0. The van der Waals surface area contributed by atoms with Crippen molar-refractivity contribution in [2.45, 2.75) is 62.1 Å². The molecule has 5 fully saturated rings. The van der Waals surface area contributed by atoms with Gasteiger partial charge in [0.25, 0.3) is 0 Å². The van der Waals surface area contributed by atoms with Gasteiger partial charge in [0.05, 0.1) is 12.1 Å². The van der Waals surface area contributed by atoms with Gasteiger partial charge in [-0.1, -0.05) is 25.1 Å². The first-order valence-corrected chi connectivity index (χ1v) is 9.18. The van der Waals surface area contributed by atoms with Crippen molar-refractivity contribution < 1.29 is 10.2 Å². The van der Waals surface area contributed by atoms with E-state index < -0.39 is 0 Å². The number of aliphatic hydroxyl groups excluding tert-OH is 2. The quantitative estimate of drug-likeness (QED) is 0.736. The number of rotatable bonds is 1. The number of hydrogen-bond acceptors (Lipinski definition) is 4. The highest BCUT2D eigenvalue weighted by Crippen LogP contribution is 2.67. The van der Waals surface area contributed by atoms with E-state index in [1.54, 1.807) is 0 Å². The lowest BCUT2D eigenvalue weighted by molar-refractivity contribution is -0.210. The van der Waals surface area contributed by atoms with E-state index in [2.05, 4.69) is 41.4 Å². The normalized spacial score (nSPS) is 57.3. The molecule has 5 heterocycles. The zero-order valence-corrected chi connectivity index (χ0v) is 13.4. The van der Waals surface area contributed by atoms with Crippen LogP contribution in [0.3, 0.4) is 0 Å². The number of fused-ring (bicyclic) bond motifs is 2. The highest BCUT2D eigenvalue weighted by atomic mass is 16.3. The number of nitrogens with zero attached hydrogens (tertiary/aromatic N) is 1. The van der Waals surface area contributed by atoms with Gasteiger partial charge in [-0.3, -0.25) is 4.90 Å². The van der Waals surface area contributed by atoms with Crippen LogP contribution in [0.1, 0.15) is 31.7 Å². The van der Waals surface area contributed by atoms with Crippen molar-refractivity contribution in [2.75, 3.05) is 5.32 Å². The lowest BCUT2D eigenvalue weighted by Crippen LogP contribution is -2.71. The van der Waals surface area contributed by atoms with E-state index in [-0.39, 0.29) is 23.8 Å². The second-order valence-corrected chi connectivity index (χ2v) is 8.40. The van der Waals surface area contributed by atoms with Crippen molar-refractivity contribution in [2.24, 2.45) is 17.8 Å². The van der Waals surface area contributed by atoms with Crippen LogP contribution in [-0.4, -0.2) is 45.6 Å². The third kappa shape index (κ3) is 1.20. The van der Waals surface area contributed by atoms with E-state index in [0.29, 0.717) is 29.8 Å². The van der Waals surface area contributed by atoms with Crippen LogP contribution >= 0.6 is 0 Å². The Bertz CT molecular complexity index is 694. The van der Waals surface area contributed by atoms with E-state index in [1.165, 1.54) is 11.3 Å². The van der Waals surface area contributed by atoms with Gasteiger partial charge in [0.15, 0.2) is 0 Å². The number of hydrogen-bond donors (Lipinski definition) is 3. The molecule has 0 aromatic heterocycles. The molecule has 4 saturated heterocycles. The molecule has 0 amide bonds. The van der Waals surface area contributed by atoms with E-state index in [4.69, 9.17) is 0 Å². The van der Waals surface area contributed by atoms with Gasteiger partial charge in [0.2, 0.25) is 0 Å². The van der Waals surface area contributed by atoms with Crippen LogP contribution in [0.4, 0.5) is 5.69 Å².